The van der Waals surface area contributed by atoms with E-state index in [0.29, 0.717) is 40.6 Å². The summed E-state index contributed by atoms with van der Waals surface area (Å²) >= 11 is 0. The first-order valence-corrected chi connectivity index (χ1v) is 12.1. The molecule has 2 aromatic heterocycles. The molecule has 1 N–H and O–H groups in total. The summed E-state index contributed by atoms with van der Waals surface area (Å²) in [6.45, 7) is 5.88. The number of aryl methyl sites for hydroxylation is 2. The number of carbonyl (C=O) groups excluding carboxylic acids is 1. The van der Waals surface area contributed by atoms with Crippen LogP contribution in [0, 0.1) is 12.8 Å². The van der Waals surface area contributed by atoms with Crippen molar-refractivity contribution in [3.8, 4) is 22.7 Å². The molecular formula is C28H28F3N5O2. The van der Waals surface area contributed by atoms with E-state index >= 15 is 0 Å². The van der Waals surface area contributed by atoms with E-state index in [1.807, 2.05) is 20.8 Å². The van der Waals surface area contributed by atoms with Gasteiger partial charge in [0, 0.05) is 23.0 Å². The smallest absolute Gasteiger partial charge is 0.416 e. The zero-order chi connectivity index (χ0) is 27.4. The van der Waals surface area contributed by atoms with Crippen molar-refractivity contribution in [1.82, 2.24) is 20.0 Å². The molecule has 0 aliphatic carbocycles. The molecule has 38 heavy (non-hydrogen) atoms. The van der Waals surface area contributed by atoms with Crippen molar-refractivity contribution in [2.24, 2.45) is 5.92 Å². The molecule has 10 heteroatoms. The summed E-state index contributed by atoms with van der Waals surface area (Å²) in [4.78, 5) is 17.2. The highest BCUT2D eigenvalue weighted by molar-refractivity contribution is 6.04. The first-order chi connectivity index (χ1) is 18.0. The lowest BCUT2D eigenvalue weighted by Gasteiger charge is -2.14. The zero-order valence-electron chi connectivity index (χ0n) is 21.5. The fraction of sp³-hybridized carbons (Fsp3) is 0.286. The van der Waals surface area contributed by atoms with Crippen molar-refractivity contribution in [3.63, 3.8) is 0 Å². The van der Waals surface area contributed by atoms with Crippen molar-refractivity contribution < 1.29 is 22.7 Å². The molecular weight excluding hydrogens is 495 g/mol. The molecule has 0 bridgehead atoms. The minimum atomic E-state index is -4.52. The van der Waals surface area contributed by atoms with Gasteiger partial charge in [0.05, 0.1) is 30.8 Å². The van der Waals surface area contributed by atoms with E-state index in [2.05, 4.69) is 20.6 Å². The van der Waals surface area contributed by atoms with Crippen molar-refractivity contribution in [3.05, 3.63) is 83.3 Å². The zero-order valence-corrected chi connectivity index (χ0v) is 21.5. The highest BCUT2D eigenvalue weighted by Gasteiger charge is 2.31. The van der Waals surface area contributed by atoms with Gasteiger partial charge in [-0.15, -0.1) is 5.10 Å². The van der Waals surface area contributed by atoms with Gasteiger partial charge >= 0.3 is 6.18 Å². The largest absolute Gasteiger partial charge is 0.495 e. The minimum absolute atomic E-state index is 0.0965. The molecule has 0 atom stereocenters. The Hall–Kier alpha value is -4.21. The van der Waals surface area contributed by atoms with Gasteiger partial charge in [0.25, 0.3) is 5.91 Å². The summed E-state index contributed by atoms with van der Waals surface area (Å²) in [5.74, 6) is 0.387. The SMILES string of the molecule is COc1cncc(-c2cn(-c3cc(C(=O)Nc4cc(CCC(C)C)cc(C(F)(F)F)c4)ccc3C)nn2)c1. The molecule has 0 spiro atoms. The van der Waals surface area contributed by atoms with E-state index in [1.165, 1.54) is 4.68 Å². The number of aromatic nitrogens is 4. The van der Waals surface area contributed by atoms with E-state index in [4.69, 9.17) is 4.74 Å². The lowest BCUT2D eigenvalue weighted by atomic mass is 10.00. The average Bonchev–Trinajstić information content (AvgIpc) is 3.37. The van der Waals surface area contributed by atoms with Crippen molar-refractivity contribution >= 4 is 11.6 Å². The van der Waals surface area contributed by atoms with Crippen molar-refractivity contribution in [2.75, 3.05) is 12.4 Å². The molecule has 0 radical (unpaired) electrons. The molecule has 198 valence electrons. The monoisotopic (exact) mass is 523 g/mol. The first-order valence-electron chi connectivity index (χ1n) is 12.1. The summed E-state index contributed by atoms with van der Waals surface area (Å²) in [7, 11) is 1.55. The van der Waals surface area contributed by atoms with Crippen LogP contribution in [0.4, 0.5) is 18.9 Å². The summed E-state index contributed by atoms with van der Waals surface area (Å²) in [6, 6.07) is 10.5. The van der Waals surface area contributed by atoms with E-state index in [1.54, 1.807) is 56.0 Å². The number of pyridine rings is 1. The van der Waals surface area contributed by atoms with Crippen LogP contribution in [0.3, 0.4) is 0 Å². The lowest BCUT2D eigenvalue weighted by molar-refractivity contribution is -0.137. The number of nitrogens with one attached hydrogen (secondary N) is 1. The van der Waals surface area contributed by atoms with Gasteiger partial charge in [-0.25, -0.2) is 4.68 Å². The quantitative estimate of drug-likeness (QED) is 0.285. The molecule has 4 aromatic rings. The maximum atomic E-state index is 13.5. The molecule has 0 saturated heterocycles. The summed E-state index contributed by atoms with van der Waals surface area (Å²) in [6.07, 6.45) is 1.62. The first kappa shape index (κ1) is 26.8. The standard InChI is InChI=1S/C28H28F3N5O2/c1-17(2)5-7-19-9-22(28(29,30)31)13-23(10-19)33-27(37)20-8-6-18(3)26(12-20)36-16-25(34-35-36)21-11-24(38-4)15-32-14-21/h6,8-17H,5,7H2,1-4H3,(H,33,37). The predicted molar refractivity (Wildman–Crippen MR) is 138 cm³/mol. The molecule has 0 unspecified atom stereocenters. The van der Waals surface area contributed by atoms with Crippen LogP contribution in [-0.2, 0) is 12.6 Å². The van der Waals surface area contributed by atoms with Gasteiger partial charge in [-0.3, -0.25) is 9.78 Å². The van der Waals surface area contributed by atoms with E-state index in [0.717, 1.165) is 24.1 Å². The Labute approximate surface area is 218 Å². The molecule has 1 amide bonds. The van der Waals surface area contributed by atoms with Gasteiger partial charge in [-0.05, 0) is 73.2 Å². The second-order valence-electron chi connectivity index (χ2n) is 9.47. The van der Waals surface area contributed by atoms with Gasteiger partial charge in [0.1, 0.15) is 11.4 Å². The summed E-state index contributed by atoms with van der Waals surface area (Å²) < 4.78 is 47.3. The second-order valence-corrected chi connectivity index (χ2v) is 9.47. The molecule has 2 heterocycles. The van der Waals surface area contributed by atoms with Crippen LogP contribution in [0.2, 0.25) is 0 Å². The van der Waals surface area contributed by atoms with Crippen LogP contribution in [0.5, 0.6) is 5.75 Å². The van der Waals surface area contributed by atoms with Crippen LogP contribution in [0.25, 0.3) is 16.9 Å². The fourth-order valence-electron chi connectivity index (χ4n) is 3.91. The summed E-state index contributed by atoms with van der Waals surface area (Å²) in [5.41, 5.74) is 2.80. The number of benzene rings is 2. The Balaban J connectivity index is 1.60. The molecule has 0 fully saturated rings. The topological polar surface area (TPSA) is 81.9 Å². The predicted octanol–water partition coefficient (Wildman–Crippen LogP) is 6.51. The molecule has 0 aliphatic rings. The molecule has 4 rings (SSSR count). The van der Waals surface area contributed by atoms with Crippen LogP contribution in [0.1, 0.15) is 47.3 Å². The van der Waals surface area contributed by atoms with E-state index in [-0.39, 0.29) is 11.3 Å². The number of rotatable bonds is 8. The maximum absolute atomic E-state index is 13.5. The highest BCUT2D eigenvalue weighted by Crippen LogP contribution is 2.33. The average molecular weight is 524 g/mol. The Kier molecular flexibility index (Phi) is 7.80. The van der Waals surface area contributed by atoms with Gasteiger partial charge < -0.3 is 10.1 Å². The Morgan fingerprint density at radius 1 is 1.11 bits per heavy atom. The third-order valence-corrected chi connectivity index (χ3v) is 6.04. The number of amides is 1. The molecule has 0 aliphatic heterocycles. The van der Waals surface area contributed by atoms with Crippen molar-refractivity contribution in [1.29, 1.82) is 0 Å². The van der Waals surface area contributed by atoms with E-state index in [9.17, 15) is 18.0 Å². The number of hydrogen-bond acceptors (Lipinski definition) is 5. The van der Waals surface area contributed by atoms with Crippen LogP contribution >= 0.6 is 0 Å². The summed E-state index contributed by atoms with van der Waals surface area (Å²) in [5, 5.41) is 11.0. The molecule has 2 aromatic carbocycles. The second kappa shape index (κ2) is 11.0. The van der Waals surface area contributed by atoms with Crippen LogP contribution in [0.15, 0.2) is 61.1 Å². The number of nitrogens with zero attached hydrogens (tertiary/aromatic N) is 4. The number of alkyl halides is 3. The van der Waals surface area contributed by atoms with Crippen molar-refractivity contribution in [2.45, 2.75) is 39.8 Å². The van der Waals surface area contributed by atoms with E-state index < -0.39 is 17.6 Å². The number of carbonyl (C=O) groups is 1. The molecule has 7 nitrogen and oxygen atoms in total. The third-order valence-electron chi connectivity index (χ3n) is 6.04. The lowest BCUT2D eigenvalue weighted by Crippen LogP contribution is -2.15. The van der Waals surface area contributed by atoms with Crippen LogP contribution < -0.4 is 10.1 Å². The fourth-order valence-corrected chi connectivity index (χ4v) is 3.91. The highest BCUT2D eigenvalue weighted by atomic mass is 19.4. The number of halogens is 3. The Morgan fingerprint density at radius 2 is 1.89 bits per heavy atom. The molecule has 0 saturated carbocycles. The normalized spacial score (nSPS) is 11.6. The van der Waals surface area contributed by atoms with Gasteiger partial charge in [-0.1, -0.05) is 25.1 Å². The van der Waals surface area contributed by atoms with Gasteiger partial charge in [0.15, 0.2) is 0 Å². The Bertz CT molecular complexity index is 1450. The van der Waals surface area contributed by atoms with Gasteiger partial charge in [0.2, 0.25) is 0 Å². The number of hydrogen-bond donors (Lipinski definition) is 1. The third kappa shape index (κ3) is 6.37. The number of ether oxygens (including phenoxy) is 1. The number of methoxy groups -OCH3 is 1. The number of anilines is 1. The van der Waals surface area contributed by atoms with Crippen LogP contribution in [-0.4, -0.2) is 33.0 Å². The minimum Gasteiger partial charge on any atom is -0.495 e. The Morgan fingerprint density at radius 3 is 2.61 bits per heavy atom. The van der Waals surface area contributed by atoms with Gasteiger partial charge in [-0.2, -0.15) is 13.2 Å². The maximum Gasteiger partial charge on any atom is 0.416 e.